The highest BCUT2D eigenvalue weighted by molar-refractivity contribution is 5.76. The maximum atomic E-state index is 12.7. The number of rotatable bonds is 6. The average molecular weight is 378 g/mol. The van der Waals surface area contributed by atoms with Crippen LogP contribution in [0, 0.1) is 0 Å². The van der Waals surface area contributed by atoms with Crippen molar-refractivity contribution >= 4 is 12.1 Å². The zero-order valence-corrected chi connectivity index (χ0v) is 16.7. The summed E-state index contributed by atoms with van der Waals surface area (Å²) in [6.07, 6.45) is 0.707. The number of methoxy groups -OCH3 is 2. The molecule has 0 unspecified atom stereocenters. The molecular weight excluding hydrogens is 348 g/mol. The molecule has 3 N–H and O–H groups in total. The summed E-state index contributed by atoms with van der Waals surface area (Å²) in [4.78, 5) is 26.4. The molecule has 1 heterocycles. The zero-order valence-electron chi connectivity index (χ0n) is 16.7. The standard InChI is InChI=1S/C19H30N4O4/c1-6-20-18(24)21-11-15-14-10-17(27-5)16(26-4)9-13(14)7-8-23(15)19(25)22-12(2)3/h9-10,12,15H,6-8,11H2,1-5H3,(H,22,25)(H2,20,21,24)/t15-/m1/s1. The highest BCUT2D eigenvalue weighted by Gasteiger charge is 2.32. The van der Waals surface area contributed by atoms with Crippen molar-refractivity contribution in [2.75, 3.05) is 33.9 Å². The Morgan fingerprint density at radius 3 is 2.44 bits per heavy atom. The van der Waals surface area contributed by atoms with Crippen LogP contribution >= 0.6 is 0 Å². The van der Waals surface area contributed by atoms with Gasteiger partial charge in [0.1, 0.15) is 0 Å². The number of amides is 4. The first-order valence-corrected chi connectivity index (χ1v) is 9.24. The Morgan fingerprint density at radius 1 is 1.19 bits per heavy atom. The fourth-order valence-electron chi connectivity index (χ4n) is 3.23. The van der Waals surface area contributed by atoms with Gasteiger partial charge in [-0.3, -0.25) is 0 Å². The molecule has 4 amide bonds. The molecule has 8 heteroatoms. The van der Waals surface area contributed by atoms with E-state index in [4.69, 9.17) is 9.47 Å². The maximum Gasteiger partial charge on any atom is 0.318 e. The van der Waals surface area contributed by atoms with Gasteiger partial charge in [-0.05, 0) is 50.5 Å². The first-order chi connectivity index (χ1) is 12.9. The molecule has 1 aliphatic heterocycles. The summed E-state index contributed by atoms with van der Waals surface area (Å²) in [7, 11) is 3.18. The second-order valence-electron chi connectivity index (χ2n) is 6.71. The Kier molecular flexibility index (Phi) is 7.15. The number of carbonyl (C=O) groups excluding carboxylic acids is 2. The molecule has 1 aromatic rings. The van der Waals surface area contributed by atoms with E-state index in [1.54, 1.807) is 19.1 Å². The molecule has 8 nitrogen and oxygen atoms in total. The minimum absolute atomic E-state index is 0.0290. The Hall–Kier alpha value is -2.64. The van der Waals surface area contributed by atoms with Crippen molar-refractivity contribution in [1.82, 2.24) is 20.9 Å². The van der Waals surface area contributed by atoms with Crippen molar-refractivity contribution in [3.63, 3.8) is 0 Å². The van der Waals surface area contributed by atoms with E-state index in [1.165, 1.54) is 0 Å². The van der Waals surface area contributed by atoms with Gasteiger partial charge in [0.25, 0.3) is 0 Å². The van der Waals surface area contributed by atoms with Crippen LogP contribution in [0.1, 0.15) is 37.9 Å². The van der Waals surface area contributed by atoms with Gasteiger partial charge in [-0.2, -0.15) is 0 Å². The van der Waals surface area contributed by atoms with E-state index >= 15 is 0 Å². The number of ether oxygens (including phenoxy) is 2. The predicted octanol–water partition coefficient (Wildman–Crippen LogP) is 2.04. The number of nitrogens with zero attached hydrogens (tertiary/aromatic N) is 1. The van der Waals surface area contributed by atoms with Gasteiger partial charge in [0.2, 0.25) is 0 Å². The monoisotopic (exact) mass is 378 g/mol. The van der Waals surface area contributed by atoms with E-state index in [2.05, 4.69) is 16.0 Å². The van der Waals surface area contributed by atoms with Gasteiger partial charge in [-0.25, -0.2) is 9.59 Å². The van der Waals surface area contributed by atoms with Crippen LogP contribution in [-0.4, -0.2) is 56.9 Å². The van der Waals surface area contributed by atoms with Gasteiger partial charge < -0.3 is 30.3 Å². The van der Waals surface area contributed by atoms with Crippen LogP contribution in [0.25, 0.3) is 0 Å². The molecule has 0 aliphatic carbocycles. The number of hydrogen-bond acceptors (Lipinski definition) is 4. The van der Waals surface area contributed by atoms with Gasteiger partial charge >= 0.3 is 12.1 Å². The third kappa shape index (κ3) is 4.96. The summed E-state index contributed by atoms with van der Waals surface area (Å²) >= 11 is 0. The number of nitrogens with one attached hydrogen (secondary N) is 3. The fourth-order valence-corrected chi connectivity index (χ4v) is 3.23. The van der Waals surface area contributed by atoms with Crippen LogP contribution in [0.15, 0.2) is 12.1 Å². The lowest BCUT2D eigenvalue weighted by atomic mass is 9.92. The van der Waals surface area contributed by atoms with Crippen LogP contribution in [0.5, 0.6) is 11.5 Å². The molecule has 0 aromatic heterocycles. The van der Waals surface area contributed by atoms with Crippen LogP contribution < -0.4 is 25.4 Å². The highest BCUT2D eigenvalue weighted by atomic mass is 16.5. The van der Waals surface area contributed by atoms with Crippen LogP contribution in [0.3, 0.4) is 0 Å². The van der Waals surface area contributed by atoms with Gasteiger partial charge in [-0.1, -0.05) is 0 Å². The smallest absolute Gasteiger partial charge is 0.318 e. The summed E-state index contributed by atoms with van der Waals surface area (Å²) in [6.45, 7) is 7.10. The normalized spacial score (nSPS) is 15.8. The first kappa shape index (κ1) is 20.7. The van der Waals surface area contributed by atoms with E-state index in [0.717, 1.165) is 11.1 Å². The van der Waals surface area contributed by atoms with E-state index in [1.807, 2.05) is 32.9 Å². The topological polar surface area (TPSA) is 91.9 Å². The molecule has 0 spiro atoms. The van der Waals surface area contributed by atoms with Crippen molar-refractivity contribution in [2.45, 2.75) is 39.3 Å². The van der Waals surface area contributed by atoms with Crippen LogP contribution in [0.2, 0.25) is 0 Å². The summed E-state index contributed by atoms with van der Waals surface area (Å²) in [5, 5.41) is 8.51. The minimum Gasteiger partial charge on any atom is -0.493 e. The number of hydrogen-bond donors (Lipinski definition) is 3. The van der Waals surface area contributed by atoms with Crippen molar-refractivity contribution in [1.29, 1.82) is 0 Å². The quantitative estimate of drug-likeness (QED) is 0.706. The lowest BCUT2D eigenvalue weighted by molar-refractivity contribution is 0.164. The van der Waals surface area contributed by atoms with Crippen molar-refractivity contribution in [3.8, 4) is 11.5 Å². The van der Waals surface area contributed by atoms with Crippen LogP contribution in [-0.2, 0) is 6.42 Å². The second kappa shape index (κ2) is 9.34. The Balaban J connectivity index is 2.35. The number of urea groups is 2. The zero-order chi connectivity index (χ0) is 20.0. The first-order valence-electron chi connectivity index (χ1n) is 9.24. The largest absolute Gasteiger partial charge is 0.493 e. The molecule has 27 heavy (non-hydrogen) atoms. The Morgan fingerprint density at radius 2 is 1.85 bits per heavy atom. The average Bonchev–Trinajstić information content (AvgIpc) is 2.64. The molecule has 0 saturated heterocycles. The highest BCUT2D eigenvalue weighted by Crippen LogP contribution is 2.37. The van der Waals surface area contributed by atoms with Gasteiger partial charge in [0, 0.05) is 25.7 Å². The molecule has 2 rings (SSSR count). The lowest BCUT2D eigenvalue weighted by Crippen LogP contribution is -2.51. The molecule has 1 aromatic carbocycles. The number of benzene rings is 1. The van der Waals surface area contributed by atoms with Crippen LogP contribution in [0.4, 0.5) is 9.59 Å². The van der Waals surface area contributed by atoms with Gasteiger partial charge in [0.05, 0.1) is 20.3 Å². The van der Waals surface area contributed by atoms with E-state index < -0.39 is 0 Å². The SMILES string of the molecule is CCNC(=O)NC[C@@H]1c2cc(OC)c(OC)cc2CCN1C(=O)NC(C)C. The van der Waals surface area contributed by atoms with Crippen molar-refractivity contribution in [3.05, 3.63) is 23.3 Å². The summed E-state index contributed by atoms with van der Waals surface area (Å²) in [6, 6.07) is 3.18. The second-order valence-corrected chi connectivity index (χ2v) is 6.71. The van der Waals surface area contributed by atoms with E-state index in [0.29, 0.717) is 37.6 Å². The third-order valence-corrected chi connectivity index (χ3v) is 4.47. The fraction of sp³-hybridized carbons (Fsp3) is 0.579. The molecule has 0 fully saturated rings. The molecule has 1 atom stereocenters. The summed E-state index contributed by atoms with van der Waals surface area (Å²) in [5.41, 5.74) is 2.04. The molecule has 0 radical (unpaired) electrons. The van der Waals surface area contributed by atoms with Crippen molar-refractivity contribution < 1.29 is 19.1 Å². The summed E-state index contributed by atoms with van der Waals surface area (Å²) in [5.74, 6) is 1.26. The Labute approximate surface area is 160 Å². The Bertz CT molecular complexity index is 678. The molecular formula is C19H30N4O4. The molecule has 0 saturated carbocycles. The molecule has 1 aliphatic rings. The third-order valence-electron chi connectivity index (χ3n) is 4.47. The number of carbonyl (C=O) groups is 2. The lowest BCUT2D eigenvalue weighted by Gasteiger charge is -2.38. The predicted molar refractivity (Wildman–Crippen MR) is 103 cm³/mol. The number of fused-ring (bicyclic) bond motifs is 1. The van der Waals surface area contributed by atoms with Crippen molar-refractivity contribution in [2.24, 2.45) is 0 Å². The van der Waals surface area contributed by atoms with Gasteiger partial charge in [-0.15, -0.1) is 0 Å². The van der Waals surface area contributed by atoms with E-state index in [9.17, 15) is 9.59 Å². The van der Waals surface area contributed by atoms with Gasteiger partial charge in [0.15, 0.2) is 11.5 Å². The van der Waals surface area contributed by atoms with E-state index in [-0.39, 0.29) is 24.1 Å². The molecule has 0 bridgehead atoms. The minimum atomic E-state index is -0.296. The molecule has 150 valence electrons. The summed E-state index contributed by atoms with van der Waals surface area (Å²) < 4.78 is 10.8. The maximum absolute atomic E-state index is 12.7.